The van der Waals surface area contributed by atoms with Crippen LogP contribution in [0.5, 0.6) is 11.5 Å². The molecule has 0 saturated carbocycles. The standard InChI is InChI=1S/C15H25ClN2O2/c1-9(11(7-17)8-18)10(2)12-5-15(20-4)13(16)6-14(12)19-3/h5-6,9-11H,7-8,17-18H2,1-4H3. The predicted octanol–water partition coefficient (Wildman–Crippen LogP) is 2.63. The summed E-state index contributed by atoms with van der Waals surface area (Å²) in [6.45, 7) is 5.47. The van der Waals surface area contributed by atoms with Crippen LogP contribution in [0, 0.1) is 11.8 Å². The Bertz CT molecular complexity index is 436. The summed E-state index contributed by atoms with van der Waals surface area (Å²) in [5.41, 5.74) is 12.7. The van der Waals surface area contributed by atoms with Gasteiger partial charge in [0, 0.05) is 11.6 Å². The van der Waals surface area contributed by atoms with Crippen molar-refractivity contribution >= 4 is 11.6 Å². The monoisotopic (exact) mass is 300 g/mol. The predicted molar refractivity (Wildman–Crippen MR) is 83.7 cm³/mol. The second-order valence-corrected chi connectivity index (χ2v) is 5.52. The highest BCUT2D eigenvalue weighted by atomic mass is 35.5. The molecule has 5 heteroatoms. The minimum absolute atomic E-state index is 0.244. The Kier molecular flexibility index (Phi) is 6.59. The van der Waals surface area contributed by atoms with E-state index in [1.807, 2.05) is 6.07 Å². The molecule has 4 N–H and O–H groups in total. The minimum atomic E-state index is 0.244. The Hall–Kier alpha value is -0.970. The van der Waals surface area contributed by atoms with Crippen LogP contribution in [0.15, 0.2) is 12.1 Å². The number of hydrogen-bond acceptors (Lipinski definition) is 4. The van der Waals surface area contributed by atoms with Gasteiger partial charge in [-0.3, -0.25) is 0 Å². The number of methoxy groups -OCH3 is 2. The van der Waals surface area contributed by atoms with Crippen molar-refractivity contribution in [1.29, 1.82) is 0 Å². The van der Waals surface area contributed by atoms with Crippen molar-refractivity contribution in [3.05, 3.63) is 22.7 Å². The normalized spacial score (nSPS) is 14.2. The van der Waals surface area contributed by atoms with Gasteiger partial charge in [-0.25, -0.2) is 0 Å². The van der Waals surface area contributed by atoms with Crippen molar-refractivity contribution in [3.8, 4) is 11.5 Å². The number of rotatable bonds is 7. The Morgan fingerprint density at radius 3 is 2.05 bits per heavy atom. The van der Waals surface area contributed by atoms with Crippen molar-refractivity contribution < 1.29 is 9.47 Å². The summed E-state index contributed by atoms with van der Waals surface area (Å²) in [6.07, 6.45) is 0. The van der Waals surface area contributed by atoms with Crippen molar-refractivity contribution in [2.45, 2.75) is 19.8 Å². The van der Waals surface area contributed by atoms with E-state index in [1.165, 1.54) is 0 Å². The zero-order chi connectivity index (χ0) is 15.3. The third kappa shape index (κ3) is 3.57. The molecule has 0 bridgehead atoms. The molecule has 0 fully saturated rings. The summed E-state index contributed by atoms with van der Waals surface area (Å²) in [4.78, 5) is 0. The van der Waals surface area contributed by atoms with Gasteiger partial charge in [0.05, 0.1) is 19.2 Å². The maximum Gasteiger partial charge on any atom is 0.138 e. The average molecular weight is 301 g/mol. The van der Waals surface area contributed by atoms with Crippen molar-refractivity contribution in [1.82, 2.24) is 0 Å². The van der Waals surface area contributed by atoms with E-state index in [1.54, 1.807) is 20.3 Å². The average Bonchev–Trinajstić information content (AvgIpc) is 2.47. The van der Waals surface area contributed by atoms with Gasteiger partial charge < -0.3 is 20.9 Å². The Labute approximate surface area is 126 Å². The Morgan fingerprint density at radius 2 is 1.60 bits per heavy atom. The molecule has 4 nitrogen and oxygen atoms in total. The van der Waals surface area contributed by atoms with Crippen molar-refractivity contribution in [2.75, 3.05) is 27.3 Å². The van der Waals surface area contributed by atoms with E-state index in [4.69, 9.17) is 32.5 Å². The first kappa shape index (κ1) is 17.1. The molecule has 2 unspecified atom stereocenters. The second-order valence-electron chi connectivity index (χ2n) is 5.11. The first-order valence-electron chi connectivity index (χ1n) is 6.81. The highest BCUT2D eigenvalue weighted by molar-refractivity contribution is 6.32. The van der Waals surface area contributed by atoms with Gasteiger partial charge in [0.15, 0.2) is 0 Å². The lowest BCUT2D eigenvalue weighted by atomic mass is 9.79. The molecule has 1 aromatic carbocycles. The van der Waals surface area contributed by atoms with E-state index in [0.717, 1.165) is 11.3 Å². The fourth-order valence-electron chi connectivity index (χ4n) is 2.46. The number of hydrogen-bond donors (Lipinski definition) is 2. The summed E-state index contributed by atoms with van der Waals surface area (Å²) in [5, 5.41) is 0.544. The molecule has 0 aliphatic rings. The first-order chi connectivity index (χ1) is 9.49. The molecule has 20 heavy (non-hydrogen) atoms. The largest absolute Gasteiger partial charge is 0.496 e. The maximum absolute atomic E-state index is 6.14. The van der Waals surface area contributed by atoms with Crippen LogP contribution in [0.3, 0.4) is 0 Å². The van der Waals surface area contributed by atoms with E-state index in [0.29, 0.717) is 29.8 Å². The van der Waals surface area contributed by atoms with Crippen LogP contribution in [0.25, 0.3) is 0 Å². The van der Waals surface area contributed by atoms with Gasteiger partial charge in [-0.2, -0.15) is 0 Å². The quantitative estimate of drug-likeness (QED) is 0.812. The zero-order valence-electron chi connectivity index (χ0n) is 12.7. The lowest BCUT2D eigenvalue weighted by molar-refractivity contribution is 0.318. The molecule has 1 aromatic rings. The van der Waals surface area contributed by atoms with Gasteiger partial charge in [0.2, 0.25) is 0 Å². The number of ether oxygens (including phenoxy) is 2. The van der Waals surface area contributed by atoms with E-state index in [-0.39, 0.29) is 11.8 Å². The molecule has 1 rings (SSSR count). The summed E-state index contributed by atoms with van der Waals surface area (Å²) in [6, 6.07) is 3.73. The molecule has 0 saturated heterocycles. The second kappa shape index (κ2) is 7.72. The van der Waals surface area contributed by atoms with Crippen molar-refractivity contribution in [3.63, 3.8) is 0 Å². The molecule has 0 heterocycles. The molecule has 0 spiro atoms. The van der Waals surface area contributed by atoms with Crippen LogP contribution >= 0.6 is 11.6 Å². The van der Waals surface area contributed by atoms with Gasteiger partial charge in [-0.15, -0.1) is 0 Å². The molecule has 114 valence electrons. The fraction of sp³-hybridized carbons (Fsp3) is 0.600. The smallest absolute Gasteiger partial charge is 0.138 e. The highest BCUT2D eigenvalue weighted by Crippen LogP contribution is 2.40. The van der Waals surface area contributed by atoms with E-state index in [9.17, 15) is 0 Å². The number of nitrogens with two attached hydrogens (primary N) is 2. The van der Waals surface area contributed by atoms with Crippen LogP contribution in [-0.4, -0.2) is 27.3 Å². The summed E-state index contributed by atoms with van der Waals surface area (Å²) in [5.74, 6) is 2.27. The van der Waals surface area contributed by atoms with Gasteiger partial charge in [0.1, 0.15) is 11.5 Å². The summed E-state index contributed by atoms with van der Waals surface area (Å²) in [7, 11) is 3.25. The number of benzene rings is 1. The SMILES string of the molecule is COc1cc(C(C)C(C)C(CN)CN)c(OC)cc1Cl. The minimum Gasteiger partial charge on any atom is -0.496 e. The van der Waals surface area contributed by atoms with Crippen LogP contribution in [-0.2, 0) is 0 Å². The molecule has 2 atom stereocenters. The molecule has 0 aliphatic carbocycles. The first-order valence-corrected chi connectivity index (χ1v) is 7.19. The van der Waals surface area contributed by atoms with Crippen molar-refractivity contribution in [2.24, 2.45) is 23.3 Å². The van der Waals surface area contributed by atoms with Gasteiger partial charge in [0.25, 0.3) is 0 Å². The number of halogens is 1. The summed E-state index contributed by atoms with van der Waals surface area (Å²) >= 11 is 6.14. The van der Waals surface area contributed by atoms with Crippen LogP contribution in [0.4, 0.5) is 0 Å². The topological polar surface area (TPSA) is 70.5 Å². The van der Waals surface area contributed by atoms with E-state index < -0.39 is 0 Å². The molecular weight excluding hydrogens is 276 g/mol. The highest BCUT2D eigenvalue weighted by Gasteiger charge is 2.25. The third-order valence-corrected chi connectivity index (χ3v) is 4.43. The lowest BCUT2D eigenvalue weighted by Gasteiger charge is -2.28. The summed E-state index contributed by atoms with van der Waals surface area (Å²) < 4.78 is 10.7. The third-order valence-electron chi connectivity index (χ3n) is 4.13. The molecule has 0 amide bonds. The van der Waals surface area contributed by atoms with Crippen LogP contribution in [0.2, 0.25) is 5.02 Å². The Morgan fingerprint density at radius 1 is 1.05 bits per heavy atom. The maximum atomic E-state index is 6.14. The molecule has 0 aromatic heterocycles. The van der Waals surface area contributed by atoms with Gasteiger partial charge >= 0.3 is 0 Å². The fourth-order valence-corrected chi connectivity index (χ4v) is 2.69. The van der Waals surface area contributed by atoms with Crippen LogP contribution in [0.1, 0.15) is 25.3 Å². The molecule has 0 radical (unpaired) electrons. The molecular formula is C15H25ClN2O2. The van der Waals surface area contributed by atoms with E-state index >= 15 is 0 Å². The van der Waals surface area contributed by atoms with E-state index in [2.05, 4.69) is 13.8 Å². The zero-order valence-corrected chi connectivity index (χ0v) is 13.4. The Balaban J connectivity index is 3.16. The molecule has 0 aliphatic heterocycles. The van der Waals surface area contributed by atoms with Gasteiger partial charge in [-0.05, 0) is 36.9 Å². The van der Waals surface area contributed by atoms with Crippen LogP contribution < -0.4 is 20.9 Å². The lowest BCUT2D eigenvalue weighted by Crippen LogP contribution is -2.31. The van der Waals surface area contributed by atoms with Gasteiger partial charge in [-0.1, -0.05) is 25.4 Å².